The standard InChI is InChI=1S/C17H19IN2O3/c1-11(21)19(13-4-2-3-5-13)15-10-16(22)20(17(15)23)14-8-6-12(18)7-9-14/h6-9,13,15H,2-5,10H2,1H3. The normalized spacial score (nSPS) is 22.0. The lowest BCUT2D eigenvalue weighted by Gasteiger charge is -2.32. The van der Waals surface area contributed by atoms with E-state index in [1.807, 2.05) is 12.1 Å². The van der Waals surface area contributed by atoms with Gasteiger partial charge in [0.05, 0.1) is 12.1 Å². The molecule has 3 amide bonds. The first-order valence-electron chi connectivity index (χ1n) is 7.90. The smallest absolute Gasteiger partial charge is 0.257 e. The summed E-state index contributed by atoms with van der Waals surface area (Å²) in [6.07, 6.45) is 4.07. The summed E-state index contributed by atoms with van der Waals surface area (Å²) in [5.74, 6) is -0.628. The highest BCUT2D eigenvalue weighted by Crippen LogP contribution is 2.31. The molecule has 2 aliphatic rings. The topological polar surface area (TPSA) is 57.7 Å². The molecule has 6 heteroatoms. The van der Waals surface area contributed by atoms with Crippen molar-refractivity contribution < 1.29 is 14.4 Å². The van der Waals surface area contributed by atoms with Crippen molar-refractivity contribution in [2.24, 2.45) is 0 Å². The molecule has 3 rings (SSSR count). The van der Waals surface area contributed by atoms with E-state index in [2.05, 4.69) is 22.6 Å². The second kappa shape index (κ2) is 6.59. The van der Waals surface area contributed by atoms with Gasteiger partial charge in [-0.1, -0.05) is 12.8 Å². The van der Waals surface area contributed by atoms with Gasteiger partial charge in [-0.25, -0.2) is 4.90 Å². The van der Waals surface area contributed by atoms with Gasteiger partial charge in [0.1, 0.15) is 6.04 Å². The average molecular weight is 426 g/mol. The second-order valence-corrected chi connectivity index (χ2v) is 7.37. The highest BCUT2D eigenvalue weighted by Gasteiger charge is 2.45. The Kier molecular flexibility index (Phi) is 4.70. The zero-order valence-corrected chi connectivity index (χ0v) is 15.2. The predicted octanol–water partition coefficient (Wildman–Crippen LogP) is 2.71. The van der Waals surface area contributed by atoms with Crippen LogP contribution in [0.15, 0.2) is 24.3 Å². The number of amides is 3. The van der Waals surface area contributed by atoms with Crippen LogP contribution in [0.2, 0.25) is 0 Å². The molecule has 1 unspecified atom stereocenters. The highest BCUT2D eigenvalue weighted by atomic mass is 127. The highest BCUT2D eigenvalue weighted by molar-refractivity contribution is 14.1. The Morgan fingerprint density at radius 1 is 1.17 bits per heavy atom. The molecule has 2 fully saturated rings. The minimum Gasteiger partial charge on any atom is -0.327 e. The van der Waals surface area contributed by atoms with Gasteiger partial charge in [0.2, 0.25) is 11.8 Å². The molecular formula is C17H19IN2O3. The summed E-state index contributed by atoms with van der Waals surface area (Å²) < 4.78 is 1.04. The third-order valence-electron chi connectivity index (χ3n) is 4.63. The van der Waals surface area contributed by atoms with Gasteiger partial charge in [-0.2, -0.15) is 0 Å². The van der Waals surface area contributed by atoms with E-state index in [1.54, 1.807) is 17.0 Å². The molecule has 5 nitrogen and oxygen atoms in total. The first-order chi connectivity index (χ1) is 11.0. The van der Waals surface area contributed by atoms with E-state index in [1.165, 1.54) is 11.8 Å². The van der Waals surface area contributed by atoms with Gasteiger partial charge in [-0.05, 0) is 59.7 Å². The maximum atomic E-state index is 12.8. The lowest BCUT2D eigenvalue weighted by Crippen LogP contribution is -2.49. The van der Waals surface area contributed by atoms with Gasteiger partial charge in [0.15, 0.2) is 0 Å². The van der Waals surface area contributed by atoms with Crippen molar-refractivity contribution in [1.29, 1.82) is 0 Å². The van der Waals surface area contributed by atoms with Gasteiger partial charge in [0.25, 0.3) is 5.91 Å². The van der Waals surface area contributed by atoms with Gasteiger partial charge in [-0.15, -0.1) is 0 Å². The van der Waals surface area contributed by atoms with Crippen LogP contribution >= 0.6 is 22.6 Å². The van der Waals surface area contributed by atoms with Crippen molar-refractivity contribution in [3.8, 4) is 0 Å². The van der Waals surface area contributed by atoms with Crippen molar-refractivity contribution >= 4 is 46.0 Å². The Bertz CT molecular complexity index is 638. The van der Waals surface area contributed by atoms with Gasteiger partial charge >= 0.3 is 0 Å². The van der Waals surface area contributed by atoms with Gasteiger partial charge in [-0.3, -0.25) is 14.4 Å². The van der Waals surface area contributed by atoms with Crippen LogP contribution in [0.3, 0.4) is 0 Å². The molecule has 0 spiro atoms. The van der Waals surface area contributed by atoms with Crippen LogP contribution in [0, 0.1) is 3.57 Å². The van der Waals surface area contributed by atoms with E-state index in [0.717, 1.165) is 29.3 Å². The van der Waals surface area contributed by atoms with Crippen molar-refractivity contribution in [2.45, 2.75) is 51.1 Å². The fraction of sp³-hybridized carbons (Fsp3) is 0.471. The number of imide groups is 1. The molecular weight excluding hydrogens is 407 g/mol. The maximum Gasteiger partial charge on any atom is 0.257 e. The lowest BCUT2D eigenvalue weighted by atomic mass is 10.1. The van der Waals surface area contributed by atoms with Crippen LogP contribution in [0.1, 0.15) is 39.0 Å². The number of hydrogen-bond donors (Lipinski definition) is 0. The van der Waals surface area contributed by atoms with Crippen molar-refractivity contribution in [3.63, 3.8) is 0 Å². The van der Waals surface area contributed by atoms with E-state index in [0.29, 0.717) is 5.69 Å². The second-order valence-electron chi connectivity index (χ2n) is 6.13. The number of carbonyl (C=O) groups is 3. The van der Waals surface area contributed by atoms with Crippen LogP contribution < -0.4 is 4.90 Å². The summed E-state index contributed by atoms with van der Waals surface area (Å²) in [4.78, 5) is 40.2. The minimum atomic E-state index is -0.651. The molecule has 1 saturated heterocycles. The molecule has 0 bridgehead atoms. The first kappa shape index (κ1) is 16.4. The molecule has 0 N–H and O–H groups in total. The van der Waals surface area contributed by atoms with Crippen molar-refractivity contribution in [1.82, 2.24) is 4.90 Å². The Morgan fingerprint density at radius 2 is 1.78 bits per heavy atom. The molecule has 0 radical (unpaired) electrons. The number of anilines is 1. The molecule has 23 heavy (non-hydrogen) atoms. The number of rotatable bonds is 3. The van der Waals surface area contributed by atoms with E-state index in [-0.39, 0.29) is 30.2 Å². The number of benzene rings is 1. The molecule has 1 heterocycles. The van der Waals surface area contributed by atoms with E-state index in [9.17, 15) is 14.4 Å². The monoisotopic (exact) mass is 426 g/mol. The summed E-state index contributed by atoms with van der Waals surface area (Å²) in [6.45, 7) is 1.49. The largest absolute Gasteiger partial charge is 0.327 e. The summed E-state index contributed by atoms with van der Waals surface area (Å²) >= 11 is 2.18. The first-order valence-corrected chi connectivity index (χ1v) is 8.98. The Hall–Kier alpha value is -1.44. The number of nitrogens with zero attached hydrogens (tertiary/aromatic N) is 2. The van der Waals surface area contributed by atoms with Crippen molar-refractivity contribution in [2.75, 3.05) is 4.90 Å². The summed E-state index contributed by atoms with van der Waals surface area (Å²) in [5.41, 5.74) is 0.581. The number of hydrogen-bond acceptors (Lipinski definition) is 3. The predicted molar refractivity (Wildman–Crippen MR) is 94.8 cm³/mol. The van der Waals surface area contributed by atoms with Crippen LogP contribution in [0.25, 0.3) is 0 Å². The van der Waals surface area contributed by atoms with Crippen LogP contribution in [0.5, 0.6) is 0 Å². The summed E-state index contributed by atoms with van der Waals surface area (Å²) in [7, 11) is 0. The van der Waals surface area contributed by atoms with Crippen LogP contribution in [-0.4, -0.2) is 34.7 Å². The number of carbonyl (C=O) groups excluding carboxylic acids is 3. The summed E-state index contributed by atoms with van der Waals surface area (Å²) in [5, 5.41) is 0. The Morgan fingerprint density at radius 3 is 2.35 bits per heavy atom. The molecule has 1 saturated carbocycles. The Balaban J connectivity index is 1.87. The lowest BCUT2D eigenvalue weighted by molar-refractivity contribution is -0.139. The maximum absolute atomic E-state index is 12.8. The van der Waals surface area contributed by atoms with E-state index in [4.69, 9.17) is 0 Å². The zero-order valence-electron chi connectivity index (χ0n) is 13.0. The molecule has 0 aromatic heterocycles. The van der Waals surface area contributed by atoms with Gasteiger partial charge in [0, 0.05) is 16.5 Å². The number of halogens is 1. The SMILES string of the molecule is CC(=O)N(C1CCCC1)C1CC(=O)N(c2ccc(I)cc2)C1=O. The Labute approximate surface area is 149 Å². The third kappa shape index (κ3) is 3.13. The molecule has 1 aromatic rings. The fourth-order valence-electron chi connectivity index (χ4n) is 3.61. The quantitative estimate of drug-likeness (QED) is 0.552. The molecule has 1 atom stereocenters. The molecule has 1 aliphatic heterocycles. The fourth-order valence-corrected chi connectivity index (χ4v) is 3.97. The van der Waals surface area contributed by atoms with E-state index >= 15 is 0 Å². The molecule has 1 aromatic carbocycles. The summed E-state index contributed by atoms with van der Waals surface area (Å²) in [6, 6.07) is 6.71. The van der Waals surface area contributed by atoms with E-state index < -0.39 is 6.04 Å². The molecule has 1 aliphatic carbocycles. The molecule has 122 valence electrons. The van der Waals surface area contributed by atoms with Gasteiger partial charge < -0.3 is 4.90 Å². The third-order valence-corrected chi connectivity index (χ3v) is 5.34. The van der Waals surface area contributed by atoms with Crippen molar-refractivity contribution in [3.05, 3.63) is 27.8 Å². The van der Waals surface area contributed by atoms with Crippen LogP contribution in [-0.2, 0) is 14.4 Å². The minimum absolute atomic E-state index is 0.0842. The van der Waals surface area contributed by atoms with Crippen LogP contribution in [0.4, 0.5) is 5.69 Å². The average Bonchev–Trinajstić information content (AvgIpc) is 3.11. The zero-order chi connectivity index (χ0) is 16.6.